The van der Waals surface area contributed by atoms with E-state index in [1.54, 1.807) is 6.92 Å². The average Bonchev–Trinajstić information content (AvgIpc) is 1.69. The Morgan fingerprint density at radius 3 is 2.38 bits per heavy atom. The Labute approximate surface area is 48.5 Å². The van der Waals surface area contributed by atoms with Crippen LogP contribution in [-0.4, -0.2) is 5.97 Å². The molecule has 43 valence electrons. The van der Waals surface area contributed by atoms with E-state index in [-0.39, 0.29) is 0 Å². The summed E-state index contributed by atoms with van der Waals surface area (Å²) in [6.07, 6.45) is 5.26. The fraction of sp³-hybridized carbons (Fsp3) is 0.500. The van der Waals surface area contributed by atoms with Gasteiger partial charge in [-0.2, -0.15) is 0 Å². The third kappa shape index (κ3) is 1.65. The molecule has 0 fully saturated rings. The monoisotopic (exact) mass is 111 g/mol. The summed E-state index contributed by atoms with van der Waals surface area (Å²) in [6.45, 7) is 1.71. The second-order valence-corrected chi connectivity index (χ2v) is 1.45. The highest BCUT2D eigenvalue weighted by atomic mass is 16.4. The minimum absolute atomic E-state index is 0.443. The van der Waals surface area contributed by atoms with Crippen molar-refractivity contribution < 1.29 is 9.90 Å². The van der Waals surface area contributed by atoms with Crippen LogP contribution in [0.25, 0.3) is 0 Å². The van der Waals surface area contributed by atoms with Gasteiger partial charge in [0.1, 0.15) is 5.92 Å². The van der Waals surface area contributed by atoms with Crippen LogP contribution in [0, 0.1) is 18.3 Å². The van der Waals surface area contributed by atoms with E-state index in [9.17, 15) is 9.90 Å². The van der Waals surface area contributed by atoms with Gasteiger partial charge in [0.05, 0.1) is 0 Å². The third-order valence-corrected chi connectivity index (χ3v) is 0.894. The molecule has 2 heteroatoms. The second-order valence-electron chi connectivity index (χ2n) is 1.45. The fourth-order valence-electron chi connectivity index (χ4n) is 0.353. The standard InChI is InChI=1S/C6H7O2/c1-3-5(4-2)6(7)8/h1,5H,4H2,2H3. The Morgan fingerprint density at radius 2 is 2.38 bits per heavy atom. The molecule has 0 aromatic heterocycles. The number of hydrogen-bond acceptors (Lipinski definition) is 1. The summed E-state index contributed by atoms with van der Waals surface area (Å²) in [4.78, 5) is 9.91. The lowest BCUT2D eigenvalue weighted by atomic mass is 10.1. The molecule has 0 spiro atoms. The molecule has 0 bridgehead atoms. The molecule has 0 aromatic rings. The molecular formula is C6H7O2. The molecule has 0 aliphatic carbocycles. The zero-order valence-electron chi connectivity index (χ0n) is 4.68. The Hall–Kier alpha value is -0.970. The van der Waals surface area contributed by atoms with Crippen molar-refractivity contribution in [2.75, 3.05) is 0 Å². The number of carbonyl (C=O) groups excluding carboxylic acids is 1. The minimum Gasteiger partial charge on any atom is -0.246 e. The highest BCUT2D eigenvalue weighted by Crippen LogP contribution is 1.98. The SMILES string of the molecule is C#CC(CC)C([O])=O. The van der Waals surface area contributed by atoms with Crippen molar-refractivity contribution in [1.29, 1.82) is 0 Å². The van der Waals surface area contributed by atoms with Crippen LogP contribution in [0.4, 0.5) is 0 Å². The Kier molecular flexibility index (Phi) is 2.71. The Morgan fingerprint density at radius 1 is 1.88 bits per heavy atom. The van der Waals surface area contributed by atoms with E-state index in [0.29, 0.717) is 6.42 Å². The average molecular weight is 111 g/mol. The van der Waals surface area contributed by atoms with E-state index in [4.69, 9.17) is 6.42 Å². The fourth-order valence-corrected chi connectivity index (χ4v) is 0.353. The number of terminal acetylenes is 1. The molecule has 1 radical (unpaired) electrons. The van der Waals surface area contributed by atoms with Crippen LogP contribution in [0.3, 0.4) is 0 Å². The molecule has 1 unspecified atom stereocenters. The molecule has 1 atom stereocenters. The van der Waals surface area contributed by atoms with Crippen LogP contribution in [0.2, 0.25) is 0 Å². The van der Waals surface area contributed by atoms with Crippen molar-refractivity contribution in [3.8, 4) is 12.3 Å². The first kappa shape index (κ1) is 7.03. The molecule has 0 aliphatic heterocycles. The summed E-state index contributed by atoms with van der Waals surface area (Å²) in [5.41, 5.74) is 0. The second kappa shape index (κ2) is 3.09. The quantitative estimate of drug-likeness (QED) is 0.481. The maximum absolute atomic E-state index is 9.91. The van der Waals surface area contributed by atoms with Crippen LogP contribution >= 0.6 is 0 Å². The van der Waals surface area contributed by atoms with Gasteiger partial charge < -0.3 is 0 Å². The van der Waals surface area contributed by atoms with Crippen LogP contribution in [0.1, 0.15) is 13.3 Å². The smallest absolute Gasteiger partial charge is 0.246 e. The number of carbonyl (C=O) groups is 1. The molecular weight excluding hydrogens is 104 g/mol. The largest absolute Gasteiger partial charge is 0.370 e. The van der Waals surface area contributed by atoms with E-state index in [1.807, 2.05) is 0 Å². The lowest BCUT2D eigenvalue weighted by Crippen LogP contribution is -2.07. The van der Waals surface area contributed by atoms with E-state index in [2.05, 4.69) is 5.92 Å². The van der Waals surface area contributed by atoms with E-state index < -0.39 is 11.9 Å². The third-order valence-electron chi connectivity index (χ3n) is 0.894. The van der Waals surface area contributed by atoms with Crippen molar-refractivity contribution >= 4 is 5.97 Å². The van der Waals surface area contributed by atoms with Gasteiger partial charge >= 0.3 is 5.97 Å². The maximum atomic E-state index is 9.91. The van der Waals surface area contributed by atoms with Crippen molar-refractivity contribution in [1.82, 2.24) is 0 Å². The van der Waals surface area contributed by atoms with Gasteiger partial charge in [0.2, 0.25) is 0 Å². The van der Waals surface area contributed by atoms with Crippen molar-refractivity contribution in [2.24, 2.45) is 5.92 Å². The summed E-state index contributed by atoms with van der Waals surface area (Å²) in [5, 5.41) is 9.91. The first-order valence-corrected chi connectivity index (χ1v) is 2.39. The number of rotatable bonds is 2. The molecule has 0 aromatic carbocycles. The lowest BCUT2D eigenvalue weighted by Gasteiger charge is -1.93. The normalized spacial score (nSPS) is 12.0. The zero-order valence-corrected chi connectivity index (χ0v) is 4.68. The van der Waals surface area contributed by atoms with Gasteiger partial charge in [0.15, 0.2) is 0 Å². The minimum atomic E-state index is -1.16. The van der Waals surface area contributed by atoms with Gasteiger partial charge in [0, 0.05) is 0 Å². The van der Waals surface area contributed by atoms with Crippen molar-refractivity contribution in [3.63, 3.8) is 0 Å². The van der Waals surface area contributed by atoms with Crippen LogP contribution in [-0.2, 0) is 9.90 Å². The summed E-state index contributed by atoms with van der Waals surface area (Å²) in [6, 6.07) is 0. The predicted octanol–water partition coefficient (Wildman–Crippen LogP) is 0.603. The van der Waals surface area contributed by atoms with Gasteiger partial charge in [-0.1, -0.05) is 12.8 Å². The van der Waals surface area contributed by atoms with Gasteiger partial charge in [-0.15, -0.1) is 6.42 Å². The van der Waals surface area contributed by atoms with Crippen LogP contribution in [0.5, 0.6) is 0 Å². The first-order chi connectivity index (χ1) is 3.72. The molecule has 0 saturated heterocycles. The van der Waals surface area contributed by atoms with Gasteiger partial charge in [-0.25, -0.2) is 9.90 Å². The molecule has 2 nitrogen and oxygen atoms in total. The van der Waals surface area contributed by atoms with Crippen LogP contribution < -0.4 is 0 Å². The molecule has 0 aliphatic rings. The lowest BCUT2D eigenvalue weighted by molar-refractivity contribution is -0.146. The van der Waals surface area contributed by atoms with Gasteiger partial charge in [-0.3, -0.25) is 0 Å². The van der Waals surface area contributed by atoms with Gasteiger partial charge in [0.25, 0.3) is 0 Å². The molecule has 0 amide bonds. The van der Waals surface area contributed by atoms with Crippen molar-refractivity contribution in [3.05, 3.63) is 0 Å². The molecule has 0 saturated carbocycles. The summed E-state index contributed by atoms with van der Waals surface area (Å²) < 4.78 is 0. The van der Waals surface area contributed by atoms with E-state index >= 15 is 0 Å². The van der Waals surface area contributed by atoms with E-state index in [0.717, 1.165) is 0 Å². The Balaban J connectivity index is 3.76. The topological polar surface area (TPSA) is 37.0 Å². The van der Waals surface area contributed by atoms with Gasteiger partial charge in [-0.05, 0) is 6.42 Å². The maximum Gasteiger partial charge on any atom is 0.370 e. The Bertz CT molecular complexity index is 121. The summed E-state index contributed by atoms with van der Waals surface area (Å²) in [5.74, 6) is 0.219. The molecule has 0 N–H and O–H groups in total. The van der Waals surface area contributed by atoms with Crippen molar-refractivity contribution in [2.45, 2.75) is 13.3 Å². The zero-order chi connectivity index (χ0) is 6.57. The predicted molar refractivity (Wildman–Crippen MR) is 28.3 cm³/mol. The first-order valence-electron chi connectivity index (χ1n) is 2.39. The summed E-state index contributed by atoms with van der Waals surface area (Å²) in [7, 11) is 0. The summed E-state index contributed by atoms with van der Waals surface area (Å²) >= 11 is 0. The molecule has 8 heavy (non-hydrogen) atoms. The number of hydrogen-bond donors (Lipinski definition) is 0. The highest BCUT2D eigenvalue weighted by Gasteiger charge is 2.11. The van der Waals surface area contributed by atoms with E-state index in [1.165, 1.54) is 0 Å². The molecule has 0 rings (SSSR count). The van der Waals surface area contributed by atoms with Crippen LogP contribution in [0.15, 0.2) is 0 Å². The molecule has 0 heterocycles. The highest BCUT2D eigenvalue weighted by molar-refractivity contribution is 5.72.